The standard InChI is InChI=1S/C10H11NO2S2Se/c1-5-8-7-4-11(3)15(12,13)10(7)16-9(8)6(2)14-5/h4H2,1-3H3. The van der Waals surface area contributed by atoms with Gasteiger partial charge in [0.2, 0.25) is 0 Å². The molecule has 0 amide bonds. The molecule has 3 rings (SSSR count). The molecule has 2 aromatic heterocycles. The van der Waals surface area contributed by atoms with Gasteiger partial charge in [-0.05, 0) is 0 Å². The monoisotopic (exact) mass is 321 g/mol. The SMILES string of the molecule is Cc1sc(C)c2c3c([se]c12)S(=O)(=O)N(C)C3. The number of hydrogen-bond acceptors (Lipinski definition) is 3. The molecule has 1 aliphatic rings. The van der Waals surface area contributed by atoms with Crippen LogP contribution in [-0.4, -0.2) is 34.3 Å². The van der Waals surface area contributed by atoms with Crippen molar-refractivity contribution >= 4 is 45.5 Å². The Bertz CT molecular complexity index is 696. The van der Waals surface area contributed by atoms with Crippen molar-refractivity contribution in [3.8, 4) is 0 Å². The van der Waals surface area contributed by atoms with Gasteiger partial charge in [-0.15, -0.1) is 0 Å². The zero-order valence-corrected chi connectivity index (χ0v) is 12.5. The zero-order chi connectivity index (χ0) is 11.7. The summed E-state index contributed by atoms with van der Waals surface area (Å²) in [5.74, 6) is 0. The molecule has 0 radical (unpaired) electrons. The molecule has 3 nitrogen and oxygen atoms in total. The molecule has 6 heteroatoms. The topological polar surface area (TPSA) is 37.4 Å². The van der Waals surface area contributed by atoms with Gasteiger partial charge in [-0.2, -0.15) is 0 Å². The van der Waals surface area contributed by atoms with Crippen LogP contribution in [0.1, 0.15) is 15.3 Å². The van der Waals surface area contributed by atoms with Gasteiger partial charge in [-0.1, -0.05) is 0 Å². The van der Waals surface area contributed by atoms with Crippen LogP contribution in [0.15, 0.2) is 3.77 Å². The fourth-order valence-electron chi connectivity index (χ4n) is 2.19. The molecule has 0 spiro atoms. The molecule has 86 valence electrons. The fourth-order valence-corrected chi connectivity index (χ4v) is 8.95. The van der Waals surface area contributed by atoms with E-state index in [0.29, 0.717) is 10.3 Å². The molecule has 0 saturated heterocycles. The van der Waals surface area contributed by atoms with Crippen molar-refractivity contribution in [1.82, 2.24) is 4.31 Å². The molecule has 2 aromatic rings. The number of thiophene rings is 1. The van der Waals surface area contributed by atoms with Gasteiger partial charge < -0.3 is 0 Å². The molecule has 0 bridgehead atoms. The van der Waals surface area contributed by atoms with Gasteiger partial charge in [-0.3, -0.25) is 0 Å². The summed E-state index contributed by atoms with van der Waals surface area (Å²) in [6.45, 7) is 4.74. The minimum atomic E-state index is -3.13. The van der Waals surface area contributed by atoms with Crippen molar-refractivity contribution in [3.63, 3.8) is 0 Å². The number of nitrogens with zero attached hydrogens (tertiary/aromatic N) is 1. The summed E-state index contributed by atoms with van der Waals surface area (Å²) in [5, 5.41) is 1.24. The maximum atomic E-state index is 12.1. The van der Waals surface area contributed by atoms with E-state index in [1.165, 1.54) is 23.7 Å². The van der Waals surface area contributed by atoms with Crippen LogP contribution < -0.4 is 0 Å². The molecule has 1 aliphatic heterocycles. The molecule has 0 saturated carbocycles. The second-order valence-electron chi connectivity index (χ2n) is 4.05. The van der Waals surface area contributed by atoms with E-state index < -0.39 is 10.0 Å². The summed E-state index contributed by atoms with van der Waals surface area (Å²) >= 11 is 1.78. The van der Waals surface area contributed by atoms with E-state index >= 15 is 0 Å². The average Bonchev–Trinajstić information content (AvgIpc) is 2.73. The van der Waals surface area contributed by atoms with Crippen molar-refractivity contribution in [1.29, 1.82) is 0 Å². The summed E-state index contributed by atoms with van der Waals surface area (Å²) in [5.41, 5.74) is 1.07. The first-order valence-corrected chi connectivity index (χ1v) is 8.87. The quantitative estimate of drug-likeness (QED) is 0.693. The van der Waals surface area contributed by atoms with Crippen LogP contribution in [0, 0.1) is 13.8 Å². The Labute approximate surface area is 104 Å². The zero-order valence-electron chi connectivity index (χ0n) is 9.20. The summed E-state index contributed by atoms with van der Waals surface area (Å²) in [7, 11) is -1.46. The van der Waals surface area contributed by atoms with E-state index in [1.54, 1.807) is 18.4 Å². The van der Waals surface area contributed by atoms with E-state index in [-0.39, 0.29) is 14.5 Å². The molecular formula is C10H11NO2S2Se. The number of sulfonamides is 1. The van der Waals surface area contributed by atoms with Crippen molar-refractivity contribution in [2.75, 3.05) is 7.05 Å². The van der Waals surface area contributed by atoms with E-state index in [4.69, 9.17) is 0 Å². The van der Waals surface area contributed by atoms with Crippen molar-refractivity contribution < 1.29 is 8.42 Å². The van der Waals surface area contributed by atoms with Gasteiger partial charge in [0.1, 0.15) is 0 Å². The number of hydrogen-bond donors (Lipinski definition) is 0. The number of aryl methyl sites for hydroxylation is 2. The summed E-state index contributed by atoms with van der Waals surface area (Å²) in [4.78, 5) is 2.56. The Morgan fingerprint density at radius 1 is 1.31 bits per heavy atom. The van der Waals surface area contributed by atoms with E-state index in [0.717, 1.165) is 5.56 Å². The maximum absolute atomic E-state index is 12.1. The van der Waals surface area contributed by atoms with Crippen LogP contribution in [-0.2, 0) is 16.6 Å². The Morgan fingerprint density at radius 3 is 2.69 bits per heavy atom. The normalized spacial score (nSPS) is 19.4. The van der Waals surface area contributed by atoms with Crippen molar-refractivity contribution in [3.05, 3.63) is 15.3 Å². The van der Waals surface area contributed by atoms with E-state index in [1.807, 2.05) is 0 Å². The number of fused-ring (bicyclic) bond motifs is 3. The minimum absolute atomic E-state index is 0.0108. The van der Waals surface area contributed by atoms with E-state index in [9.17, 15) is 8.42 Å². The van der Waals surface area contributed by atoms with Gasteiger partial charge in [0.15, 0.2) is 0 Å². The van der Waals surface area contributed by atoms with Gasteiger partial charge in [0.25, 0.3) is 0 Å². The van der Waals surface area contributed by atoms with Crippen LogP contribution in [0.4, 0.5) is 0 Å². The average molecular weight is 320 g/mol. The predicted octanol–water partition coefficient (Wildman–Crippen LogP) is 1.71. The first kappa shape index (κ1) is 11.0. The Balaban J connectivity index is 2.47. The third kappa shape index (κ3) is 1.19. The van der Waals surface area contributed by atoms with Crippen molar-refractivity contribution in [2.45, 2.75) is 24.2 Å². The molecule has 3 heterocycles. The van der Waals surface area contributed by atoms with Crippen LogP contribution in [0.2, 0.25) is 0 Å². The van der Waals surface area contributed by atoms with Crippen LogP contribution in [0.3, 0.4) is 0 Å². The third-order valence-electron chi connectivity index (χ3n) is 2.97. The molecule has 0 aliphatic carbocycles. The molecule has 0 unspecified atom stereocenters. The fraction of sp³-hybridized carbons (Fsp3) is 0.400. The number of rotatable bonds is 0. The van der Waals surface area contributed by atoms with E-state index in [2.05, 4.69) is 13.8 Å². The summed E-state index contributed by atoms with van der Waals surface area (Å²) < 4.78 is 27.6. The van der Waals surface area contributed by atoms with Crippen LogP contribution in [0.5, 0.6) is 0 Å². The van der Waals surface area contributed by atoms with Gasteiger partial charge in [0, 0.05) is 0 Å². The first-order valence-electron chi connectivity index (χ1n) is 4.90. The predicted molar refractivity (Wildman–Crippen MR) is 66.9 cm³/mol. The molecule has 0 atom stereocenters. The first-order chi connectivity index (χ1) is 7.43. The summed E-state index contributed by atoms with van der Waals surface area (Å²) in [6, 6.07) is 0. The molecule has 0 fully saturated rings. The molecule has 16 heavy (non-hydrogen) atoms. The molecular weight excluding hydrogens is 309 g/mol. The second kappa shape index (κ2) is 3.21. The summed E-state index contributed by atoms with van der Waals surface area (Å²) in [6.07, 6.45) is 0. The third-order valence-corrected chi connectivity index (χ3v) is 10.1. The van der Waals surface area contributed by atoms with Crippen LogP contribution >= 0.6 is 11.3 Å². The van der Waals surface area contributed by atoms with Gasteiger partial charge in [-0.25, -0.2) is 0 Å². The Hall–Kier alpha value is -0.131. The molecule has 0 N–H and O–H groups in total. The Morgan fingerprint density at radius 2 is 2.00 bits per heavy atom. The van der Waals surface area contributed by atoms with Gasteiger partial charge in [0.05, 0.1) is 0 Å². The van der Waals surface area contributed by atoms with Gasteiger partial charge >= 0.3 is 105 Å². The Kier molecular flexibility index (Phi) is 2.20. The van der Waals surface area contributed by atoms with Crippen molar-refractivity contribution in [2.24, 2.45) is 0 Å². The van der Waals surface area contributed by atoms with Crippen LogP contribution in [0.25, 0.3) is 9.65 Å². The second-order valence-corrected chi connectivity index (χ2v) is 10.2. The molecule has 0 aromatic carbocycles.